The standard InChI is InChI=1S/C31H35F5N2O6/c32-30(33,31(34,35)36)14-1-3-20-4-9-22(10-5-20)29(41)44-26-11-6-21(7-12-26)8-13-27(39)42-15-2-16-43-28(40)23-17-24(37)19-25(38)18-23/h6-8,11-13,17-20,22H,1-5,9-10,14-16,37-38H2. The van der Waals surface area contributed by atoms with E-state index in [0.29, 0.717) is 48.4 Å². The van der Waals surface area contributed by atoms with Crippen LogP contribution in [-0.4, -0.2) is 43.2 Å². The monoisotopic (exact) mass is 626 g/mol. The second-order valence-electron chi connectivity index (χ2n) is 10.7. The third kappa shape index (κ3) is 10.8. The molecule has 240 valence electrons. The van der Waals surface area contributed by atoms with Crippen molar-refractivity contribution < 1.29 is 50.5 Å². The van der Waals surface area contributed by atoms with E-state index in [1.807, 2.05) is 0 Å². The van der Waals surface area contributed by atoms with E-state index in [9.17, 15) is 36.3 Å². The molecule has 0 saturated heterocycles. The average Bonchev–Trinajstić information content (AvgIpc) is 2.95. The first-order valence-corrected chi connectivity index (χ1v) is 14.2. The number of nitrogen functional groups attached to an aromatic ring is 2. The molecule has 0 atom stereocenters. The van der Waals surface area contributed by atoms with Crippen LogP contribution in [0.4, 0.5) is 33.3 Å². The number of esters is 3. The first-order valence-electron chi connectivity index (χ1n) is 14.2. The number of benzene rings is 2. The quantitative estimate of drug-likeness (QED) is 0.0625. The van der Waals surface area contributed by atoms with Crippen LogP contribution in [0.2, 0.25) is 0 Å². The highest BCUT2D eigenvalue weighted by molar-refractivity contribution is 5.91. The lowest BCUT2D eigenvalue weighted by atomic mass is 9.79. The van der Waals surface area contributed by atoms with Gasteiger partial charge in [-0.05, 0) is 80.0 Å². The molecule has 0 unspecified atom stereocenters. The fourth-order valence-electron chi connectivity index (χ4n) is 4.77. The van der Waals surface area contributed by atoms with Gasteiger partial charge in [-0.25, -0.2) is 9.59 Å². The number of hydrogen-bond donors (Lipinski definition) is 2. The molecule has 4 N–H and O–H groups in total. The molecule has 2 aromatic carbocycles. The number of anilines is 2. The zero-order chi connectivity index (χ0) is 32.3. The minimum absolute atomic E-state index is 0.00128. The van der Waals surface area contributed by atoms with Gasteiger partial charge >= 0.3 is 30.0 Å². The molecule has 3 rings (SSSR count). The molecule has 2 aromatic rings. The minimum atomic E-state index is -5.54. The highest BCUT2D eigenvalue weighted by atomic mass is 19.4. The fourth-order valence-corrected chi connectivity index (χ4v) is 4.77. The molecular formula is C31H35F5N2O6. The van der Waals surface area contributed by atoms with E-state index in [0.717, 1.165) is 0 Å². The SMILES string of the molecule is Nc1cc(N)cc(C(=O)OCCCOC(=O)C=Cc2ccc(OC(=O)C3CCC(CCCC(F)(F)C(F)(F)F)CC3)cc2)c1. The van der Waals surface area contributed by atoms with Crippen molar-refractivity contribution in [2.45, 2.75) is 63.5 Å². The second-order valence-corrected chi connectivity index (χ2v) is 10.7. The molecule has 0 aliphatic heterocycles. The molecule has 1 aliphatic rings. The maximum atomic E-state index is 13.1. The molecule has 8 nitrogen and oxygen atoms in total. The summed E-state index contributed by atoms with van der Waals surface area (Å²) in [6.07, 6.45) is -1.65. The molecule has 1 aliphatic carbocycles. The topological polar surface area (TPSA) is 131 Å². The average molecular weight is 627 g/mol. The summed E-state index contributed by atoms with van der Waals surface area (Å²) in [5.74, 6) is -6.37. The van der Waals surface area contributed by atoms with Crippen LogP contribution in [0.1, 0.15) is 67.3 Å². The Morgan fingerprint density at radius 1 is 0.841 bits per heavy atom. The van der Waals surface area contributed by atoms with Crippen LogP contribution in [0.15, 0.2) is 48.5 Å². The summed E-state index contributed by atoms with van der Waals surface area (Å²) >= 11 is 0. The van der Waals surface area contributed by atoms with Gasteiger partial charge in [0, 0.05) is 30.3 Å². The molecule has 0 amide bonds. The van der Waals surface area contributed by atoms with Crippen LogP contribution in [0.25, 0.3) is 6.08 Å². The van der Waals surface area contributed by atoms with E-state index >= 15 is 0 Å². The lowest BCUT2D eigenvalue weighted by Crippen LogP contribution is -2.36. The Labute approximate surface area is 251 Å². The second kappa shape index (κ2) is 15.5. The number of nitrogens with two attached hydrogens (primary N) is 2. The Morgan fingerprint density at radius 2 is 1.45 bits per heavy atom. The van der Waals surface area contributed by atoms with E-state index in [2.05, 4.69) is 0 Å². The predicted octanol–water partition coefficient (Wildman–Crippen LogP) is 6.73. The number of carbonyl (C=O) groups is 3. The molecule has 0 aromatic heterocycles. The van der Waals surface area contributed by atoms with E-state index in [-0.39, 0.29) is 49.9 Å². The van der Waals surface area contributed by atoms with Crippen molar-refractivity contribution in [3.05, 3.63) is 59.7 Å². The molecule has 0 heterocycles. The van der Waals surface area contributed by atoms with E-state index < -0.39 is 36.4 Å². The maximum absolute atomic E-state index is 13.1. The maximum Gasteiger partial charge on any atom is 0.453 e. The third-order valence-electron chi connectivity index (χ3n) is 7.19. The number of halogens is 5. The summed E-state index contributed by atoms with van der Waals surface area (Å²) in [7, 11) is 0. The van der Waals surface area contributed by atoms with Gasteiger partial charge in [0.1, 0.15) is 5.75 Å². The first-order chi connectivity index (χ1) is 20.7. The zero-order valence-corrected chi connectivity index (χ0v) is 23.9. The summed E-state index contributed by atoms with van der Waals surface area (Å²) in [5, 5.41) is 0. The minimum Gasteiger partial charge on any atom is -0.462 e. The summed E-state index contributed by atoms with van der Waals surface area (Å²) in [4.78, 5) is 36.6. The van der Waals surface area contributed by atoms with Gasteiger partial charge in [0.2, 0.25) is 0 Å². The van der Waals surface area contributed by atoms with Crippen LogP contribution in [0.3, 0.4) is 0 Å². The molecule has 13 heteroatoms. The zero-order valence-electron chi connectivity index (χ0n) is 23.9. The summed E-state index contributed by atoms with van der Waals surface area (Å²) < 4.78 is 78.7. The molecule has 0 radical (unpaired) electrons. The molecule has 1 saturated carbocycles. The first kappa shape index (κ1) is 34.3. The van der Waals surface area contributed by atoms with Crippen molar-refractivity contribution in [2.24, 2.45) is 11.8 Å². The van der Waals surface area contributed by atoms with Crippen LogP contribution in [-0.2, 0) is 19.1 Å². The van der Waals surface area contributed by atoms with E-state index in [4.69, 9.17) is 25.7 Å². The summed E-state index contributed by atoms with van der Waals surface area (Å²) in [6.45, 7) is 0.0549. The number of hydrogen-bond acceptors (Lipinski definition) is 8. The number of carbonyl (C=O) groups excluding carboxylic acids is 3. The molecule has 0 spiro atoms. The van der Waals surface area contributed by atoms with E-state index in [1.165, 1.54) is 30.4 Å². The Kier molecular flexibility index (Phi) is 12.1. The Morgan fingerprint density at radius 3 is 2.07 bits per heavy atom. The van der Waals surface area contributed by atoms with Crippen molar-refractivity contribution in [3.8, 4) is 5.75 Å². The highest BCUT2D eigenvalue weighted by Gasteiger charge is 2.56. The van der Waals surface area contributed by atoms with Gasteiger partial charge < -0.3 is 25.7 Å². The molecular weight excluding hydrogens is 591 g/mol. The lowest BCUT2D eigenvalue weighted by Gasteiger charge is -2.28. The Balaban J connectivity index is 1.31. The number of alkyl halides is 5. The fraction of sp³-hybridized carbons (Fsp3) is 0.452. The van der Waals surface area contributed by atoms with E-state index in [1.54, 1.807) is 24.3 Å². The third-order valence-corrected chi connectivity index (χ3v) is 7.19. The van der Waals surface area contributed by atoms with Crippen molar-refractivity contribution in [1.82, 2.24) is 0 Å². The predicted molar refractivity (Wildman–Crippen MR) is 153 cm³/mol. The van der Waals surface area contributed by atoms with Crippen LogP contribution >= 0.6 is 0 Å². The van der Waals surface area contributed by atoms with Gasteiger partial charge in [-0.15, -0.1) is 0 Å². The van der Waals surface area contributed by atoms with Crippen LogP contribution in [0.5, 0.6) is 5.75 Å². The molecule has 44 heavy (non-hydrogen) atoms. The summed E-state index contributed by atoms with van der Waals surface area (Å²) in [6, 6.07) is 10.8. The van der Waals surface area contributed by atoms with Gasteiger partial charge in [0.15, 0.2) is 0 Å². The van der Waals surface area contributed by atoms with Gasteiger partial charge in [-0.1, -0.05) is 18.6 Å². The number of rotatable bonds is 13. The number of ether oxygens (including phenoxy) is 3. The van der Waals surface area contributed by atoms with Crippen molar-refractivity contribution in [2.75, 3.05) is 24.7 Å². The van der Waals surface area contributed by atoms with Crippen molar-refractivity contribution >= 4 is 35.4 Å². The van der Waals surface area contributed by atoms with Gasteiger partial charge in [-0.2, -0.15) is 22.0 Å². The van der Waals surface area contributed by atoms with Crippen molar-refractivity contribution in [1.29, 1.82) is 0 Å². The molecule has 0 bridgehead atoms. The smallest absolute Gasteiger partial charge is 0.453 e. The van der Waals surface area contributed by atoms with Gasteiger partial charge in [0.25, 0.3) is 0 Å². The van der Waals surface area contributed by atoms with Crippen LogP contribution in [0, 0.1) is 11.8 Å². The Hall–Kier alpha value is -4.16. The highest BCUT2D eigenvalue weighted by Crippen LogP contribution is 2.40. The van der Waals surface area contributed by atoms with Gasteiger partial charge in [0.05, 0.1) is 24.7 Å². The normalized spacial score (nSPS) is 17.3. The van der Waals surface area contributed by atoms with Gasteiger partial charge in [-0.3, -0.25) is 4.79 Å². The van der Waals surface area contributed by atoms with Crippen molar-refractivity contribution in [3.63, 3.8) is 0 Å². The molecule has 1 fully saturated rings. The lowest BCUT2D eigenvalue weighted by molar-refractivity contribution is -0.284. The summed E-state index contributed by atoms with van der Waals surface area (Å²) in [5.41, 5.74) is 12.9. The van der Waals surface area contributed by atoms with Crippen LogP contribution < -0.4 is 16.2 Å². The Bertz CT molecular complexity index is 1290. The largest absolute Gasteiger partial charge is 0.462 e.